The molecule has 3 aromatic rings. The van der Waals surface area contributed by atoms with Gasteiger partial charge in [-0.1, -0.05) is 0 Å². The number of nitro groups is 1. The number of pyridine rings is 1. The first kappa shape index (κ1) is 16.9. The summed E-state index contributed by atoms with van der Waals surface area (Å²) in [5.41, 5.74) is 2.21. The van der Waals surface area contributed by atoms with Crippen molar-refractivity contribution in [3.05, 3.63) is 59.0 Å². The number of rotatable bonds is 5. The third-order valence-corrected chi connectivity index (χ3v) is 3.07. The second-order valence-electron chi connectivity index (χ2n) is 4.57. The predicted octanol–water partition coefficient (Wildman–Crippen LogP) is 3.39. The lowest BCUT2D eigenvalue weighted by atomic mass is 10.2. The molecule has 0 aliphatic heterocycles. The molecule has 1 aromatic carbocycles. The largest absolute Gasteiger partial charge is 0.468 e. The van der Waals surface area contributed by atoms with Crippen molar-refractivity contribution in [2.24, 2.45) is 0 Å². The number of hydrogen-bond donors (Lipinski definition) is 2. The number of carbonyl (C=O) groups excluding carboxylic acids is 1. The average molecular weight is 328 g/mol. The van der Waals surface area contributed by atoms with Gasteiger partial charge in [-0.3, -0.25) is 19.9 Å². The van der Waals surface area contributed by atoms with Crippen molar-refractivity contribution in [3.63, 3.8) is 0 Å². The second-order valence-corrected chi connectivity index (χ2v) is 4.57. The lowest BCUT2D eigenvalue weighted by Gasteiger charge is -2.07. The Bertz CT molecular complexity index is 817. The van der Waals surface area contributed by atoms with Gasteiger partial charge in [-0.15, -0.1) is 0 Å². The molecule has 0 atom stereocenters. The Balaban J connectivity index is 0.000000368. The Kier molecular flexibility index (Phi) is 5.84. The summed E-state index contributed by atoms with van der Waals surface area (Å²) in [5, 5.41) is 14.9. The number of nitrogens with one attached hydrogen (secondary N) is 2. The van der Waals surface area contributed by atoms with E-state index < -0.39 is 4.92 Å². The molecule has 2 N–H and O–H groups in total. The summed E-state index contributed by atoms with van der Waals surface area (Å²) in [4.78, 5) is 26.6. The number of benzene rings is 1. The quantitative estimate of drug-likeness (QED) is 0.422. The van der Waals surface area contributed by atoms with Crippen LogP contribution >= 0.6 is 0 Å². The van der Waals surface area contributed by atoms with Gasteiger partial charge in [-0.25, -0.2) is 0 Å². The fraction of sp³-hybridized carbons (Fsp3) is 0.125. The molecule has 0 radical (unpaired) electrons. The molecule has 0 amide bonds. The topological polar surface area (TPSA) is 110 Å². The maximum Gasteiger partial charge on any atom is 0.293 e. The number of aromatic amines is 1. The maximum atomic E-state index is 10.9. The molecule has 124 valence electrons. The lowest BCUT2D eigenvalue weighted by molar-refractivity contribution is -0.383. The third-order valence-electron chi connectivity index (χ3n) is 3.07. The van der Waals surface area contributed by atoms with Crippen molar-refractivity contribution < 1.29 is 14.5 Å². The molecule has 0 saturated heterocycles. The summed E-state index contributed by atoms with van der Waals surface area (Å²) in [5.74, 6) is 0. The van der Waals surface area contributed by atoms with Crippen molar-refractivity contribution in [1.29, 1.82) is 0 Å². The van der Waals surface area contributed by atoms with Crippen molar-refractivity contribution in [1.82, 2.24) is 9.97 Å². The number of H-pyrrole nitrogens is 1. The van der Waals surface area contributed by atoms with Crippen molar-refractivity contribution in [2.45, 2.75) is 6.92 Å². The minimum absolute atomic E-state index is 0.0664. The van der Waals surface area contributed by atoms with E-state index in [1.165, 1.54) is 6.07 Å². The highest BCUT2D eigenvalue weighted by molar-refractivity contribution is 5.98. The van der Waals surface area contributed by atoms with Gasteiger partial charge in [0, 0.05) is 29.5 Å². The van der Waals surface area contributed by atoms with Crippen LogP contribution in [-0.2, 0) is 9.53 Å². The van der Waals surface area contributed by atoms with Gasteiger partial charge in [-0.05, 0) is 31.2 Å². The summed E-state index contributed by atoms with van der Waals surface area (Å²) in [6.07, 6.45) is 5.07. The number of fused-ring (bicyclic) bond motifs is 1. The van der Waals surface area contributed by atoms with Gasteiger partial charge in [0.2, 0.25) is 0 Å². The number of hydrogen-bond acceptors (Lipinski definition) is 6. The molecule has 8 nitrogen and oxygen atoms in total. The maximum absolute atomic E-state index is 10.9. The van der Waals surface area contributed by atoms with E-state index in [0.29, 0.717) is 18.6 Å². The first-order valence-corrected chi connectivity index (χ1v) is 7.14. The zero-order valence-electron chi connectivity index (χ0n) is 12.9. The first-order chi connectivity index (χ1) is 11.7. The number of carbonyl (C=O) groups is 1. The van der Waals surface area contributed by atoms with E-state index in [9.17, 15) is 14.9 Å². The third kappa shape index (κ3) is 4.07. The molecule has 2 aromatic heterocycles. The van der Waals surface area contributed by atoms with E-state index in [4.69, 9.17) is 0 Å². The molecular weight excluding hydrogens is 312 g/mol. The van der Waals surface area contributed by atoms with Gasteiger partial charge in [-0.2, -0.15) is 0 Å². The van der Waals surface area contributed by atoms with Crippen LogP contribution in [-0.4, -0.2) is 28.0 Å². The fourth-order valence-electron chi connectivity index (χ4n) is 2.06. The highest BCUT2D eigenvalue weighted by Crippen LogP contribution is 2.31. The molecule has 8 heteroatoms. The summed E-state index contributed by atoms with van der Waals surface area (Å²) >= 11 is 0. The lowest BCUT2D eigenvalue weighted by Crippen LogP contribution is -1.94. The van der Waals surface area contributed by atoms with Crippen LogP contribution in [0.2, 0.25) is 0 Å². The Hall–Kier alpha value is -3.42. The van der Waals surface area contributed by atoms with Crippen molar-refractivity contribution in [2.75, 3.05) is 11.9 Å². The zero-order valence-corrected chi connectivity index (χ0v) is 12.9. The number of nitrogens with zero attached hydrogens (tertiary/aromatic N) is 2. The molecule has 0 unspecified atom stereocenters. The average Bonchev–Trinajstić information content (AvgIpc) is 3.07. The minimum Gasteiger partial charge on any atom is -0.468 e. The summed E-state index contributed by atoms with van der Waals surface area (Å²) in [6, 6.07) is 8.69. The summed E-state index contributed by atoms with van der Waals surface area (Å²) < 4.78 is 4.15. The van der Waals surface area contributed by atoms with Gasteiger partial charge in [0.25, 0.3) is 12.2 Å². The Labute approximate surface area is 137 Å². The zero-order chi connectivity index (χ0) is 17.4. The second kappa shape index (κ2) is 8.28. The molecule has 0 bridgehead atoms. The highest BCUT2D eigenvalue weighted by Gasteiger charge is 2.15. The number of ether oxygens (including phenoxy) is 1. The van der Waals surface area contributed by atoms with Crippen LogP contribution in [0.3, 0.4) is 0 Å². The van der Waals surface area contributed by atoms with E-state index in [-0.39, 0.29) is 5.69 Å². The minimum atomic E-state index is -0.396. The predicted molar refractivity (Wildman–Crippen MR) is 90.2 cm³/mol. The molecule has 0 spiro atoms. The fourth-order valence-corrected chi connectivity index (χ4v) is 2.06. The van der Waals surface area contributed by atoms with Crippen molar-refractivity contribution in [3.8, 4) is 0 Å². The van der Waals surface area contributed by atoms with Gasteiger partial charge >= 0.3 is 0 Å². The van der Waals surface area contributed by atoms with E-state index in [1.807, 2.05) is 12.1 Å². The van der Waals surface area contributed by atoms with Crippen LogP contribution in [0, 0.1) is 10.1 Å². The molecule has 3 rings (SSSR count). The Morgan fingerprint density at radius 1 is 1.38 bits per heavy atom. The van der Waals surface area contributed by atoms with E-state index in [1.54, 1.807) is 37.6 Å². The van der Waals surface area contributed by atoms with Gasteiger partial charge in [0.05, 0.1) is 23.4 Å². The van der Waals surface area contributed by atoms with Crippen LogP contribution in [0.4, 0.5) is 17.1 Å². The monoisotopic (exact) mass is 328 g/mol. The summed E-state index contributed by atoms with van der Waals surface area (Å²) in [6.45, 7) is 2.66. The number of anilines is 2. The molecule has 2 heterocycles. The van der Waals surface area contributed by atoms with Gasteiger partial charge in [0.15, 0.2) is 0 Å². The molecule has 24 heavy (non-hydrogen) atoms. The SMILES string of the molecule is CCOC=O.O=[N+]([O-])c1ccc(Nc2cccnc2)c2cc[nH]c12. The van der Waals surface area contributed by atoms with E-state index in [2.05, 4.69) is 20.0 Å². The number of nitro benzene ring substituents is 1. The standard InChI is InChI=1S/C13H10N4O2.C3H6O2/c18-17(19)12-4-3-11(10-5-7-15-13(10)12)16-9-2-1-6-14-8-9;1-2-5-3-4/h1-8,15-16H;3H,2H2,1H3. The number of aromatic nitrogens is 2. The first-order valence-electron chi connectivity index (χ1n) is 7.14. The molecule has 0 aliphatic carbocycles. The van der Waals surface area contributed by atoms with Crippen LogP contribution in [0.5, 0.6) is 0 Å². The Morgan fingerprint density at radius 3 is 2.79 bits per heavy atom. The van der Waals surface area contributed by atoms with Crippen LogP contribution in [0.1, 0.15) is 6.92 Å². The van der Waals surface area contributed by atoms with Crippen LogP contribution < -0.4 is 5.32 Å². The van der Waals surface area contributed by atoms with Crippen molar-refractivity contribution >= 4 is 34.4 Å². The highest BCUT2D eigenvalue weighted by atomic mass is 16.6. The van der Waals surface area contributed by atoms with Gasteiger partial charge < -0.3 is 15.0 Å². The summed E-state index contributed by atoms with van der Waals surface area (Å²) in [7, 11) is 0. The van der Waals surface area contributed by atoms with E-state index >= 15 is 0 Å². The normalized spacial score (nSPS) is 9.71. The molecule has 0 fully saturated rings. The smallest absolute Gasteiger partial charge is 0.293 e. The van der Waals surface area contributed by atoms with E-state index in [0.717, 1.165) is 16.8 Å². The molecular formula is C16H16N4O4. The Morgan fingerprint density at radius 2 is 2.21 bits per heavy atom. The van der Waals surface area contributed by atoms with Gasteiger partial charge in [0.1, 0.15) is 5.52 Å². The number of non-ortho nitro benzene ring substituents is 1. The van der Waals surface area contributed by atoms with Crippen LogP contribution in [0.15, 0.2) is 48.9 Å². The van der Waals surface area contributed by atoms with Crippen LogP contribution in [0.25, 0.3) is 10.9 Å². The molecule has 0 saturated carbocycles. The molecule has 0 aliphatic rings.